The van der Waals surface area contributed by atoms with Crippen LogP contribution in [0.3, 0.4) is 0 Å². The maximum atomic E-state index is 13.0. The van der Waals surface area contributed by atoms with Gasteiger partial charge in [0.05, 0.1) is 6.54 Å². The van der Waals surface area contributed by atoms with Gasteiger partial charge < -0.3 is 9.32 Å². The van der Waals surface area contributed by atoms with Crippen LogP contribution in [0.25, 0.3) is 0 Å². The second-order valence-electron chi connectivity index (χ2n) is 7.94. The van der Waals surface area contributed by atoms with Gasteiger partial charge in [-0.1, -0.05) is 0 Å². The average Bonchev–Trinajstić information content (AvgIpc) is 3.31. The van der Waals surface area contributed by atoms with Gasteiger partial charge in [0.1, 0.15) is 17.1 Å². The number of furan rings is 1. The van der Waals surface area contributed by atoms with Crippen molar-refractivity contribution in [1.82, 2.24) is 14.7 Å². The minimum absolute atomic E-state index is 0.245. The molecule has 24 heavy (non-hydrogen) atoms. The number of piperazine rings is 1. The van der Waals surface area contributed by atoms with E-state index in [4.69, 9.17) is 4.42 Å². The number of likely N-dealkylation sites (tertiary alicyclic amines) is 1. The van der Waals surface area contributed by atoms with E-state index in [-0.39, 0.29) is 5.54 Å². The van der Waals surface area contributed by atoms with Crippen molar-refractivity contribution in [3.8, 4) is 0 Å². The van der Waals surface area contributed by atoms with Crippen molar-refractivity contribution in [3.05, 3.63) is 23.7 Å². The van der Waals surface area contributed by atoms with Crippen LogP contribution in [0.15, 0.2) is 16.5 Å². The van der Waals surface area contributed by atoms with Gasteiger partial charge in [-0.25, -0.2) is 0 Å². The van der Waals surface area contributed by atoms with Crippen molar-refractivity contribution < 1.29 is 9.21 Å². The van der Waals surface area contributed by atoms with Crippen molar-refractivity contribution in [2.24, 2.45) is 5.92 Å². The first-order chi connectivity index (χ1) is 11.6. The molecule has 1 saturated carbocycles. The number of hydrogen-bond donors (Lipinski definition) is 0. The fourth-order valence-electron chi connectivity index (χ4n) is 4.36. The Bertz CT molecular complexity index is 600. The van der Waals surface area contributed by atoms with Crippen LogP contribution in [0.4, 0.5) is 0 Å². The van der Waals surface area contributed by atoms with Gasteiger partial charge in [0.15, 0.2) is 0 Å². The van der Waals surface area contributed by atoms with Crippen molar-refractivity contribution in [2.75, 3.05) is 39.8 Å². The Morgan fingerprint density at radius 2 is 1.92 bits per heavy atom. The van der Waals surface area contributed by atoms with Crippen molar-refractivity contribution in [1.29, 1.82) is 0 Å². The average molecular weight is 331 g/mol. The first kappa shape index (κ1) is 16.2. The Labute approximate surface area is 144 Å². The molecule has 1 spiro atoms. The molecular weight excluding hydrogens is 302 g/mol. The SMILES string of the molecule is Cc1ccc(CN2CCC3(CC2)C(=O)N(C)CCN3CC2CC2)o1. The molecule has 3 fully saturated rings. The number of amides is 1. The van der Waals surface area contributed by atoms with E-state index in [0.717, 1.165) is 69.5 Å². The summed E-state index contributed by atoms with van der Waals surface area (Å²) in [4.78, 5) is 19.9. The molecular formula is C19H29N3O2. The Balaban J connectivity index is 1.44. The number of piperidine rings is 1. The highest BCUT2D eigenvalue weighted by Gasteiger charge is 2.50. The molecule has 0 bridgehead atoms. The van der Waals surface area contributed by atoms with Gasteiger partial charge >= 0.3 is 0 Å². The molecule has 5 heteroatoms. The third kappa shape index (κ3) is 3.00. The first-order valence-electron chi connectivity index (χ1n) is 9.35. The summed E-state index contributed by atoms with van der Waals surface area (Å²) in [6, 6.07) is 4.09. The molecule has 0 atom stereocenters. The van der Waals surface area contributed by atoms with Crippen LogP contribution < -0.4 is 0 Å². The molecule has 2 saturated heterocycles. The number of rotatable bonds is 4. The molecule has 1 amide bonds. The van der Waals surface area contributed by atoms with Crippen molar-refractivity contribution in [2.45, 2.75) is 44.7 Å². The molecule has 2 aliphatic heterocycles. The molecule has 0 aromatic carbocycles. The van der Waals surface area contributed by atoms with E-state index in [2.05, 4.69) is 15.9 Å². The van der Waals surface area contributed by atoms with Crippen molar-refractivity contribution >= 4 is 5.91 Å². The van der Waals surface area contributed by atoms with E-state index in [0.29, 0.717) is 5.91 Å². The second-order valence-corrected chi connectivity index (χ2v) is 7.94. The van der Waals surface area contributed by atoms with E-state index >= 15 is 0 Å². The minimum Gasteiger partial charge on any atom is -0.465 e. The molecule has 5 nitrogen and oxygen atoms in total. The van der Waals surface area contributed by atoms with E-state index in [1.165, 1.54) is 12.8 Å². The highest BCUT2D eigenvalue weighted by molar-refractivity contribution is 5.87. The molecule has 3 heterocycles. The summed E-state index contributed by atoms with van der Waals surface area (Å²) in [5.41, 5.74) is -0.245. The minimum atomic E-state index is -0.245. The van der Waals surface area contributed by atoms with E-state index in [1.54, 1.807) is 0 Å². The molecule has 132 valence electrons. The molecule has 3 aliphatic rings. The van der Waals surface area contributed by atoms with Gasteiger partial charge in [-0.3, -0.25) is 14.6 Å². The van der Waals surface area contributed by atoms with Crippen LogP contribution in [-0.2, 0) is 11.3 Å². The van der Waals surface area contributed by atoms with Gasteiger partial charge in [-0.05, 0) is 50.7 Å². The van der Waals surface area contributed by atoms with Crippen molar-refractivity contribution in [3.63, 3.8) is 0 Å². The summed E-state index contributed by atoms with van der Waals surface area (Å²) in [6.45, 7) is 7.83. The number of hydrogen-bond acceptors (Lipinski definition) is 4. The van der Waals surface area contributed by atoms with Gasteiger partial charge in [0, 0.05) is 39.8 Å². The van der Waals surface area contributed by atoms with Crippen LogP contribution in [0.1, 0.15) is 37.2 Å². The number of carbonyl (C=O) groups excluding carboxylic acids is 1. The lowest BCUT2D eigenvalue weighted by molar-refractivity contribution is -0.154. The van der Waals surface area contributed by atoms with Gasteiger partial charge in [0.2, 0.25) is 5.91 Å². The monoisotopic (exact) mass is 331 g/mol. The fourth-order valence-corrected chi connectivity index (χ4v) is 4.36. The maximum absolute atomic E-state index is 13.0. The van der Waals surface area contributed by atoms with Crippen LogP contribution in [0.2, 0.25) is 0 Å². The molecule has 0 unspecified atom stereocenters. The summed E-state index contributed by atoms with van der Waals surface area (Å²) >= 11 is 0. The summed E-state index contributed by atoms with van der Waals surface area (Å²) in [5.74, 6) is 3.19. The number of carbonyl (C=O) groups is 1. The summed E-state index contributed by atoms with van der Waals surface area (Å²) in [7, 11) is 1.97. The molecule has 0 radical (unpaired) electrons. The fraction of sp³-hybridized carbons (Fsp3) is 0.737. The first-order valence-corrected chi connectivity index (χ1v) is 9.35. The zero-order valence-corrected chi connectivity index (χ0v) is 15.0. The lowest BCUT2D eigenvalue weighted by Gasteiger charge is -2.52. The zero-order valence-electron chi connectivity index (χ0n) is 15.0. The summed E-state index contributed by atoms with van der Waals surface area (Å²) < 4.78 is 5.72. The molecule has 4 rings (SSSR count). The summed E-state index contributed by atoms with van der Waals surface area (Å²) in [6.07, 6.45) is 4.59. The van der Waals surface area contributed by atoms with Crippen LogP contribution in [0, 0.1) is 12.8 Å². The predicted molar refractivity (Wildman–Crippen MR) is 92.6 cm³/mol. The second kappa shape index (κ2) is 6.19. The van der Waals surface area contributed by atoms with Gasteiger partial charge in [0.25, 0.3) is 0 Å². The zero-order chi connectivity index (χ0) is 16.7. The van der Waals surface area contributed by atoms with Gasteiger partial charge in [-0.2, -0.15) is 0 Å². The van der Waals surface area contributed by atoms with Gasteiger partial charge in [-0.15, -0.1) is 0 Å². The van der Waals surface area contributed by atoms with Crippen LogP contribution in [0.5, 0.6) is 0 Å². The smallest absolute Gasteiger partial charge is 0.242 e. The Hall–Kier alpha value is -1.33. The summed E-state index contributed by atoms with van der Waals surface area (Å²) in [5, 5.41) is 0. The molecule has 1 aromatic rings. The Morgan fingerprint density at radius 3 is 2.54 bits per heavy atom. The maximum Gasteiger partial charge on any atom is 0.242 e. The predicted octanol–water partition coefficient (Wildman–Crippen LogP) is 2.11. The lowest BCUT2D eigenvalue weighted by Crippen LogP contribution is -2.68. The Kier molecular flexibility index (Phi) is 4.17. The largest absolute Gasteiger partial charge is 0.465 e. The van der Waals surface area contributed by atoms with E-state index in [9.17, 15) is 4.79 Å². The Morgan fingerprint density at radius 1 is 1.17 bits per heavy atom. The van der Waals surface area contributed by atoms with Crippen LogP contribution >= 0.6 is 0 Å². The highest BCUT2D eigenvalue weighted by Crippen LogP contribution is 2.38. The number of nitrogens with zero attached hydrogens (tertiary/aromatic N) is 3. The topological polar surface area (TPSA) is 39.9 Å². The molecule has 1 aromatic heterocycles. The third-order valence-electron chi connectivity index (χ3n) is 6.09. The number of aryl methyl sites for hydroxylation is 1. The van der Waals surface area contributed by atoms with E-state index in [1.807, 2.05) is 24.9 Å². The quantitative estimate of drug-likeness (QED) is 0.847. The molecule has 1 aliphatic carbocycles. The number of likely N-dealkylation sites (N-methyl/N-ethyl adjacent to an activating group) is 1. The van der Waals surface area contributed by atoms with E-state index < -0.39 is 0 Å². The molecule has 0 N–H and O–H groups in total. The van der Waals surface area contributed by atoms with Crippen LogP contribution in [-0.4, -0.2) is 65.9 Å². The lowest BCUT2D eigenvalue weighted by atomic mass is 9.82. The standard InChI is InChI=1S/C19H29N3O2/c1-15-3-6-17(24-15)14-21-9-7-19(8-10-21)18(23)20(2)11-12-22(19)13-16-4-5-16/h3,6,16H,4-5,7-14H2,1-2H3. The normalized spacial score (nSPS) is 25.6. The third-order valence-corrected chi connectivity index (χ3v) is 6.09. The highest BCUT2D eigenvalue weighted by atomic mass is 16.3.